The molecular weight excluding hydrogens is 212 g/mol. The van der Waals surface area contributed by atoms with Crippen LogP contribution in [0, 0.1) is 6.92 Å². The molecule has 86 valence electrons. The number of carboxylic acid groups (broad SMARTS) is 1. The van der Waals surface area contributed by atoms with E-state index in [1.54, 1.807) is 13.0 Å². The molecule has 0 radical (unpaired) electrons. The monoisotopic (exact) mass is 224 g/mol. The van der Waals surface area contributed by atoms with Crippen molar-refractivity contribution in [2.45, 2.75) is 13.0 Å². The lowest BCUT2D eigenvalue weighted by Gasteiger charge is -2.07. The van der Waals surface area contributed by atoms with Crippen LogP contribution >= 0.6 is 0 Å². The first-order valence-corrected chi connectivity index (χ1v) is 4.62. The number of carbonyl (C=O) groups is 2. The maximum absolute atomic E-state index is 11.5. The minimum absolute atomic E-state index is 0.324. The third-order valence-electron chi connectivity index (χ3n) is 1.90. The number of pyridine rings is 1. The number of aryl methyl sites for hydroxylation is 1. The van der Waals surface area contributed by atoms with E-state index in [-0.39, 0.29) is 6.54 Å². The van der Waals surface area contributed by atoms with Gasteiger partial charge in [0.2, 0.25) is 0 Å². The number of hydrogen-bond donors (Lipinski definition) is 3. The minimum Gasteiger partial charge on any atom is -0.479 e. The molecule has 1 rings (SSSR count). The summed E-state index contributed by atoms with van der Waals surface area (Å²) in [7, 11) is 0. The predicted octanol–water partition coefficient (Wildman–Crippen LogP) is -0.435. The van der Waals surface area contributed by atoms with Gasteiger partial charge in [-0.2, -0.15) is 0 Å². The molecule has 0 saturated carbocycles. The lowest BCUT2D eigenvalue weighted by Crippen LogP contribution is -2.36. The van der Waals surface area contributed by atoms with Gasteiger partial charge in [-0.25, -0.2) is 4.79 Å². The number of aromatic nitrogens is 1. The summed E-state index contributed by atoms with van der Waals surface area (Å²) in [4.78, 5) is 25.7. The Bertz CT molecular complexity index is 406. The number of amides is 1. The van der Waals surface area contributed by atoms with Crippen LogP contribution in [0.3, 0.4) is 0 Å². The molecule has 1 atom stereocenters. The summed E-state index contributed by atoms with van der Waals surface area (Å²) in [5.41, 5.74) is 1.07. The van der Waals surface area contributed by atoms with Crippen molar-refractivity contribution in [3.8, 4) is 0 Å². The lowest BCUT2D eigenvalue weighted by atomic mass is 10.2. The minimum atomic E-state index is -1.59. The number of carboxylic acids is 1. The first-order valence-electron chi connectivity index (χ1n) is 4.62. The maximum Gasteiger partial charge on any atom is 0.334 e. The van der Waals surface area contributed by atoms with Crippen molar-refractivity contribution in [1.82, 2.24) is 10.3 Å². The average Bonchev–Trinajstić information content (AvgIpc) is 2.25. The molecule has 0 aliphatic rings. The average molecular weight is 224 g/mol. The third kappa shape index (κ3) is 3.32. The van der Waals surface area contributed by atoms with Crippen LogP contribution in [0.1, 0.15) is 16.1 Å². The van der Waals surface area contributed by atoms with Gasteiger partial charge < -0.3 is 15.5 Å². The Labute approximate surface area is 91.9 Å². The summed E-state index contributed by atoms with van der Waals surface area (Å²) >= 11 is 0. The van der Waals surface area contributed by atoms with E-state index in [0.29, 0.717) is 11.3 Å². The van der Waals surface area contributed by atoms with Crippen LogP contribution in [0.5, 0.6) is 0 Å². The van der Waals surface area contributed by atoms with Crippen LogP contribution < -0.4 is 5.32 Å². The molecule has 0 saturated heterocycles. The predicted molar refractivity (Wildman–Crippen MR) is 54.9 cm³/mol. The molecule has 0 bridgehead atoms. The fraction of sp³-hybridized carbons (Fsp3) is 0.300. The molecule has 0 aromatic carbocycles. The topological polar surface area (TPSA) is 99.5 Å². The van der Waals surface area contributed by atoms with E-state index in [9.17, 15) is 9.59 Å². The summed E-state index contributed by atoms with van der Waals surface area (Å²) < 4.78 is 0. The molecule has 3 N–H and O–H groups in total. The van der Waals surface area contributed by atoms with E-state index in [1.165, 1.54) is 12.3 Å². The Morgan fingerprint density at radius 3 is 2.81 bits per heavy atom. The normalized spacial score (nSPS) is 11.9. The van der Waals surface area contributed by atoms with E-state index in [0.717, 1.165) is 0 Å². The number of rotatable bonds is 4. The molecule has 1 amide bonds. The van der Waals surface area contributed by atoms with Gasteiger partial charge >= 0.3 is 5.97 Å². The van der Waals surface area contributed by atoms with Gasteiger partial charge in [-0.05, 0) is 19.1 Å². The van der Waals surface area contributed by atoms with Crippen LogP contribution in [0.15, 0.2) is 18.3 Å². The fourth-order valence-corrected chi connectivity index (χ4v) is 1.07. The van der Waals surface area contributed by atoms with Crippen LogP contribution in [0.4, 0.5) is 0 Å². The van der Waals surface area contributed by atoms with Crippen LogP contribution in [0.25, 0.3) is 0 Å². The highest BCUT2D eigenvalue weighted by Gasteiger charge is 2.14. The van der Waals surface area contributed by atoms with E-state index in [1.807, 2.05) is 0 Å². The molecular formula is C10H12N2O4. The zero-order valence-electron chi connectivity index (χ0n) is 8.67. The van der Waals surface area contributed by atoms with Crippen molar-refractivity contribution in [1.29, 1.82) is 0 Å². The molecule has 1 aromatic heterocycles. The van der Waals surface area contributed by atoms with Crippen molar-refractivity contribution in [2.24, 2.45) is 0 Å². The van der Waals surface area contributed by atoms with Gasteiger partial charge in [0.15, 0.2) is 6.10 Å². The van der Waals surface area contributed by atoms with E-state index < -0.39 is 18.0 Å². The SMILES string of the molecule is Cc1cc(C(=O)NC[C@H](O)C(=O)O)ccn1. The molecule has 16 heavy (non-hydrogen) atoms. The Balaban J connectivity index is 2.56. The summed E-state index contributed by atoms with van der Waals surface area (Å²) in [5, 5.41) is 19.7. The molecule has 6 nitrogen and oxygen atoms in total. The Morgan fingerprint density at radius 1 is 1.56 bits per heavy atom. The van der Waals surface area contributed by atoms with Gasteiger partial charge in [-0.15, -0.1) is 0 Å². The van der Waals surface area contributed by atoms with Crippen LogP contribution in [-0.2, 0) is 4.79 Å². The van der Waals surface area contributed by atoms with E-state index in [2.05, 4.69) is 10.3 Å². The first kappa shape index (κ1) is 12.1. The third-order valence-corrected chi connectivity index (χ3v) is 1.90. The number of aliphatic carboxylic acids is 1. The van der Waals surface area contributed by atoms with Gasteiger partial charge in [-0.3, -0.25) is 9.78 Å². The second-order valence-electron chi connectivity index (χ2n) is 3.25. The van der Waals surface area contributed by atoms with Crippen LogP contribution in [0.2, 0.25) is 0 Å². The number of aliphatic hydroxyl groups excluding tert-OH is 1. The lowest BCUT2D eigenvalue weighted by molar-refractivity contribution is -0.146. The van der Waals surface area contributed by atoms with E-state index in [4.69, 9.17) is 10.2 Å². The van der Waals surface area contributed by atoms with Crippen molar-refractivity contribution in [3.05, 3.63) is 29.6 Å². The summed E-state index contributed by atoms with van der Waals surface area (Å²) in [5.74, 6) is -1.81. The number of hydrogen-bond acceptors (Lipinski definition) is 4. The Kier molecular flexibility index (Phi) is 3.96. The van der Waals surface area contributed by atoms with Gasteiger partial charge in [-0.1, -0.05) is 0 Å². The highest BCUT2D eigenvalue weighted by Crippen LogP contribution is 2.00. The van der Waals surface area contributed by atoms with Crippen molar-refractivity contribution in [2.75, 3.05) is 6.54 Å². The van der Waals surface area contributed by atoms with Gasteiger partial charge in [0.1, 0.15) is 0 Å². The van der Waals surface area contributed by atoms with Crippen molar-refractivity contribution >= 4 is 11.9 Å². The fourth-order valence-electron chi connectivity index (χ4n) is 1.07. The second-order valence-corrected chi connectivity index (χ2v) is 3.25. The summed E-state index contributed by atoms with van der Waals surface area (Å²) in [6, 6.07) is 3.08. The van der Waals surface area contributed by atoms with Crippen molar-refractivity contribution in [3.63, 3.8) is 0 Å². The quantitative estimate of drug-likeness (QED) is 0.644. The second kappa shape index (κ2) is 5.22. The number of nitrogens with one attached hydrogen (secondary N) is 1. The molecule has 0 spiro atoms. The molecule has 6 heteroatoms. The van der Waals surface area contributed by atoms with Gasteiger partial charge in [0.25, 0.3) is 5.91 Å². The molecule has 1 aromatic rings. The maximum atomic E-state index is 11.5. The number of carbonyl (C=O) groups excluding carboxylic acids is 1. The molecule has 0 unspecified atom stereocenters. The first-order chi connectivity index (χ1) is 7.50. The molecule has 1 heterocycles. The number of aliphatic hydroxyl groups is 1. The van der Waals surface area contributed by atoms with Gasteiger partial charge in [0, 0.05) is 17.5 Å². The van der Waals surface area contributed by atoms with Crippen molar-refractivity contribution < 1.29 is 19.8 Å². The standard InChI is InChI=1S/C10H12N2O4/c1-6-4-7(2-3-11-6)9(14)12-5-8(13)10(15)16/h2-4,8,13H,5H2,1H3,(H,12,14)(H,15,16)/t8-/m0/s1. The highest BCUT2D eigenvalue weighted by atomic mass is 16.4. The van der Waals surface area contributed by atoms with Gasteiger partial charge in [0.05, 0.1) is 6.54 Å². The van der Waals surface area contributed by atoms with Crippen LogP contribution in [-0.4, -0.2) is 39.7 Å². The summed E-state index contributed by atoms with van der Waals surface area (Å²) in [6.45, 7) is 1.42. The zero-order valence-corrected chi connectivity index (χ0v) is 8.67. The smallest absolute Gasteiger partial charge is 0.334 e. The Morgan fingerprint density at radius 2 is 2.25 bits per heavy atom. The van der Waals surface area contributed by atoms with E-state index >= 15 is 0 Å². The summed E-state index contributed by atoms with van der Waals surface area (Å²) in [6.07, 6.45) is -0.107. The molecule has 0 aliphatic heterocycles. The highest BCUT2D eigenvalue weighted by molar-refractivity contribution is 5.94. The number of nitrogens with zero attached hydrogens (tertiary/aromatic N) is 1. The Hall–Kier alpha value is -1.95. The molecule has 0 aliphatic carbocycles. The largest absolute Gasteiger partial charge is 0.479 e. The zero-order chi connectivity index (χ0) is 12.1. The molecule has 0 fully saturated rings.